The fourth-order valence-electron chi connectivity index (χ4n) is 2.71. The summed E-state index contributed by atoms with van der Waals surface area (Å²) in [7, 11) is 0. The van der Waals surface area contributed by atoms with Crippen molar-refractivity contribution in [1.29, 1.82) is 0 Å². The lowest BCUT2D eigenvalue weighted by atomic mass is 9.96. The molecular formula is C17H15N3O. The van der Waals surface area contributed by atoms with Crippen molar-refractivity contribution in [3.63, 3.8) is 0 Å². The Morgan fingerprint density at radius 2 is 1.71 bits per heavy atom. The normalized spacial score (nSPS) is 17.4. The van der Waals surface area contributed by atoms with Crippen LogP contribution in [-0.4, -0.2) is 10.1 Å². The molecule has 21 heavy (non-hydrogen) atoms. The molecule has 0 aliphatic carbocycles. The van der Waals surface area contributed by atoms with Gasteiger partial charge >= 0.3 is 0 Å². The van der Waals surface area contributed by atoms with E-state index in [2.05, 4.69) is 39.7 Å². The summed E-state index contributed by atoms with van der Waals surface area (Å²) in [5.41, 5.74) is 3.67. The maximum Gasteiger partial charge on any atom is 0.244 e. The molecule has 1 atom stereocenters. The number of benzene rings is 2. The highest BCUT2D eigenvalue weighted by molar-refractivity contribution is 5.53. The maximum absolute atomic E-state index is 5.45. The number of fused-ring (bicyclic) bond motifs is 1. The van der Waals surface area contributed by atoms with Gasteiger partial charge in [-0.15, -0.1) is 0 Å². The van der Waals surface area contributed by atoms with E-state index in [0.717, 1.165) is 18.5 Å². The van der Waals surface area contributed by atoms with Crippen LogP contribution in [0.25, 0.3) is 11.4 Å². The van der Waals surface area contributed by atoms with E-state index in [9.17, 15) is 0 Å². The maximum atomic E-state index is 5.45. The molecule has 0 saturated carbocycles. The van der Waals surface area contributed by atoms with Crippen LogP contribution >= 0.6 is 0 Å². The summed E-state index contributed by atoms with van der Waals surface area (Å²) < 4.78 is 5.45. The zero-order chi connectivity index (χ0) is 14.1. The van der Waals surface area contributed by atoms with Gasteiger partial charge in [-0.3, -0.25) is 0 Å². The Bertz CT molecular complexity index is 751. The Balaban J connectivity index is 1.60. The molecule has 0 saturated heterocycles. The van der Waals surface area contributed by atoms with E-state index < -0.39 is 0 Å². The lowest BCUT2D eigenvalue weighted by Gasteiger charge is -2.23. The number of aromatic nitrogens is 2. The Morgan fingerprint density at radius 3 is 2.57 bits per heavy atom. The van der Waals surface area contributed by atoms with Crippen LogP contribution in [0.1, 0.15) is 23.1 Å². The Hall–Kier alpha value is -2.46. The zero-order valence-corrected chi connectivity index (χ0v) is 11.5. The van der Waals surface area contributed by atoms with Crippen LogP contribution in [0.5, 0.6) is 0 Å². The number of hydrogen-bond acceptors (Lipinski definition) is 4. The topological polar surface area (TPSA) is 51.0 Å². The van der Waals surface area contributed by atoms with Gasteiger partial charge < -0.3 is 9.84 Å². The van der Waals surface area contributed by atoms with Gasteiger partial charge in [0.25, 0.3) is 0 Å². The Kier molecular flexibility index (Phi) is 3.01. The Morgan fingerprint density at radius 1 is 0.952 bits per heavy atom. The van der Waals surface area contributed by atoms with E-state index >= 15 is 0 Å². The Labute approximate surface area is 122 Å². The minimum Gasteiger partial charge on any atom is -0.337 e. The highest BCUT2D eigenvalue weighted by Crippen LogP contribution is 2.26. The fraction of sp³-hybridized carbons (Fsp3) is 0.176. The molecule has 1 aliphatic heterocycles. The molecular weight excluding hydrogens is 262 g/mol. The van der Waals surface area contributed by atoms with Crippen LogP contribution in [0.2, 0.25) is 0 Å². The summed E-state index contributed by atoms with van der Waals surface area (Å²) in [5.74, 6) is 1.30. The molecule has 2 heterocycles. The van der Waals surface area contributed by atoms with Crippen molar-refractivity contribution < 1.29 is 4.52 Å². The molecule has 0 bridgehead atoms. The second kappa shape index (κ2) is 5.14. The number of nitrogens with one attached hydrogen (secondary N) is 1. The van der Waals surface area contributed by atoms with E-state index in [-0.39, 0.29) is 6.04 Å². The summed E-state index contributed by atoms with van der Waals surface area (Å²) in [6.07, 6.45) is 0.882. The van der Waals surface area contributed by atoms with Crippen molar-refractivity contribution in [1.82, 2.24) is 15.5 Å². The van der Waals surface area contributed by atoms with Gasteiger partial charge in [0, 0.05) is 12.1 Å². The minimum absolute atomic E-state index is 0.0878. The van der Waals surface area contributed by atoms with Crippen LogP contribution in [0.3, 0.4) is 0 Å². The van der Waals surface area contributed by atoms with Gasteiger partial charge in [-0.2, -0.15) is 4.98 Å². The van der Waals surface area contributed by atoms with Gasteiger partial charge in [0.2, 0.25) is 11.7 Å². The van der Waals surface area contributed by atoms with Crippen molar-refractivity contribution in [2.75, 3.05) is 0 Å². The molecule has 4 nitrogen and oxygen atoms in total. The minimum atomic E-state index is 0.0878. The second-order valence-corrected chi connectivity index (χ2v) is 5.23. The van der Waals surface area contributed by atoms with Crippen LogP contribution in [0.15, 0.2) is 59.1 Å². The van der Waals surface area contributed by atoms with E-state index in [1.165, 1.54) is 11.1 Å². The molecule has 1 aliphatic rings. The predicted molar refractivity (Wildman–Crippen MR) is 79.5 cm³/mol. The molecule has 4 rings (SSSR count). The SMILES string of the molecule is c1ccc(-c2noc([C@@H]3Cc4ccccc4CN3)n2)cc1. The highest BCUT2D eigenvalue weighted by Gasteiger charge is 2.24. The summed E-state index contributed by atoms with van der Waals surface area (Å²) in [5, 5.41) is 7.55. The van der Waals surface area contributed by atoms with Gasteiger partial charge in [0.05, 0.1) is 6.04 Å². The van der Waals surface area contributed by atoms with Crippen LogP contribution in [0.4, 0.5) is 0 Å². The van der Waals surface area contributed by atoms with Crippen molar-refractivity contribution in [3.05, 3.63) is 71.6 Å². The lowest BCUT2D eigenvalue weighted by molar-refractivity contribution is 0.321. The quantitative estimate of drug-likeness (QED) is 0.782. The molecule has 0 amide bonds. The molecule has 0 unspecified atom stereocenters. The van der Waals surface area contributed by atoms with E-state index in [1.54, 1.807) is 0 Å². The molecule has 0 radical (unpaired) electrons. The molecule has 0 spiro atoms. The zero-order valence-electron chi connectivity index (χ0n) is 11.5. The first kappa shape index (κ1) is 12.3. The first-order valence-electron chi connectivity index (χ1n) is 7.09. The highest BCUT2D eigenvalue weighted by atomic mass is 16.5. The molecule has 0 fully saturated rings. The van der Waals surface area contributed by atoms with Crippen molar-refractivity contribution in [3.8, 4) is 11.4 Å². The monoisotopic (exact) mass is 277 g/mol. The second-order valence-electron chi connectivity index (χ2n) is 5.23. The third-order valence-corrected chi connectivity index (χ3v) is 3.85. The molecule has 4 heteroatoms. The number of nitrogens with zero attached hydrogens (tertiary/aromatic N) is 2. The average Bonchev–Trinajstić information content (AvgIpc) is 3.05. The van der Waals surface area contributed by atoms with Gasteiger partial charge in [0.1, 0.15) is 0 Å². The average molecular weight is 277 g/mol. The van der Waals surface area contributed by atoms with Gasteiger partial charge in [-0.1, -0.05) is 59.8 Å². The van der Waals surface area contributed by atoms with Crippen LogP contribution in [0, 0.1) is 0 Å². The molecule has 1 aromatic heterocycles. The molecule has 2 aromatic carbocycles. The standard InChI is InChI=1S/C17H15N3O/c1-2-6-12(7-3-1)16-19-17(21-20-16)15-10-13-8-4-5-9-14(13)11-18-15/h1-9,15,18H,10-11H2/t15-/m0/s1. The fourth-order valence-corrected chi connectivity index (χ4v) is 2.71. The summed E-state index contributed by atoms with van der Waals surface area (Å²) in [4.78, 5) is 4.54. The smallest absolute Gasteiger partial charge is 0.244 e. The van der Waals surface area contributed by atoms with E-state index in [4.69, 9.17) is 4.52 Å². The first-order chi connectivity index (χ1) is 10.4. The van der Waals surface area contributed by atoms with Crippen molar-refractivity contribution in [2.24, 2.45) is 0 Å². The molecule has 1 N–H and O–H groups in total. The lowest BCUT2D eigenvalue weighted by Crippen LogP contribution is -2.28. The first-order valence-corrected chi connectivity index (χ1v) is 7.09. The van der Waals surface area contributed by atoms with Crippen molar-refractivity contribution in [2.45, 2.75) is 19.0 Å². The van der Waals surface area contributed by atoms with E-state index in [1.807, 2.05) is 30.3 Å². The molecule has 104 valence electrons. The number of rotatable bonds is 2. The summed E-state index contributed by atoms with van der Waals surface area (Å²) in [6, 6.07) is 18.4. The predicted octanol–water partition coefficient (Wildman–Crippen LogP) is 3.12. The molecule has 3 aromatic rings. The third-order valence-electron chi connectivity index (χ3n) is 3.85. The van der Waals surface area contributed by atoms with Gasteiger partial charge in [-0.05, 0) is 17.5 Å². The van der Waals surface area contributed by atoms with Gasteiger partial charge in [-0.25, -0.2) is 0 Å². The summed E-state index contributed by atoms with van der Waals surface area (Å²) in [6.45, 7) is 0.837. The van der Waals surface area contributed by atoms with E-state index in [0.29, 0.717) is 11.7 Å². The summed E-state index contributed by atoms with van der Waals surface area (Å²) >= 11 is 0. The van der Waals surface area contributed by atoms with Gasteiger partial charge in [0.15, 0.2) is 0 Å². The van der Waals surface area contributed by atoms with Crippen LogP contribution < -0.4 is 5.32 Å². The largest absolute Gasteiger partial charge is 0.337 e. The van der Waals surface area contributed by atoms with Crippen LogP contribution in [-0.2, 0) is 13.0 Å². The number of hydrogen-bond donors (Lipinski definition) is 1. The van der Waals surface area contributed by atoms with Crippen molar-refractivity contribution >= 4 is 0 Å². The third kappa shape index (κ3) is 2.34.